The minimum atomic E-state index is -0.558. The molecule has 0 saturated carbocycles. The first-order valence-electron chi connectivity index (χ1n) is 8.05. The van der Waals surface area contributed by atoms with E-state index in [1.54, 1.807) is 0 Å². The fraction of sp³-hybridized carbons (Fsp3) is 0.733. The molecule has 7 nitrogen and oxygen atoms in total. The van der Waals surface area contributed by atoms with Gasteiger partial charge >= 0.3 is 0 Å². The maximum atomic E-state index is 12.0. The number of hydrogen-bond acceptors (Lipinski definition) is 4. The number of nitrogens with zero attached hydrogens (tertiary/aromatic N) is 2. The summed E-state index contributed by atoms with van der Waals surface area (Å²) >= 11 is 0. The Labute approximate surface area is 131 Å². The quantitative estimate of drug-likeness (QED) is 0.540. The molecule has 0 bridgehead atoms. The Morgan fingerprint density at radius 1 is 1.23 bits per heavy atom. The number of nitrogens with one attached hydrogen (secondary N) is 2. The van der Waals surface area contributed by atoms with Crippen LogP contribution in [0.3, 0.4) is 0 Å². The van der Waals surface area contributed by atoms with E-state index in [0.29, 0.717) is 18.7 Å². The molecule has 0 spiro atoms. The molecule has 1 atom stereocenters. The van der Waals surface area contributed by atoms with Crippen molar-refractivity contribution in [2.24, 2.45) is 5.73 Å². The van der Waals surface area contributed by atoms with Crippen LogP contribution in [0.2, 0.25) is 0 Å². The van der Waals surface area contributed by atoms with E-state index in [1.807, 2.05) is 6.92 Å². The highest BCUT2D eigenvalue weighted by atomic mass is 16.2. The van der Waals surface area contributed by atoms with Gasteiger partial charge in [-0.2, -0.15) is 5.10 Å². The normalized spacial score (nSPS) is 12.1. The average molecular weight is 309 g/mol. The van der Waals surface area contributed by atoms with Gasteiger partial charge in [-0.05, 0) is 6.42 Å². The van der Waals surface area contributed by atoms with Crippen LogP contribution >= 0.6 is 0 Å². The van der Waals surface area contributed by atoms with Gasteiger partial charge in [0.25, 0.3) is 0 Å². The highest BCUT2D eigenvalue weighted by Crippen LogP contribution is 2.13. The van der Waals surface area contributed by atoms with Crippen LogP contribution in [0, 0.1) is 0 Å². The summed E-state index contributed by atoms with van der Waals surface area (Å²) in [6, 6.07) is -0.558. The standard InChI is InChI=1S/C15H27N5O2/c1-3-5-6-7-8-9-14(22)17-11(10-12(16)21)15-18-13(4-2)19-20-15/h11H,3-10H2,1-2H3,(H2,16,21)(H,17,22)(H,18,19,20)/t11-/m1/s1. The van der Waals surface area contributed by atoms with Crippen LogP contribution in [-0.2, 0) is 16.0 Å². The lowest BCUT2D eigenvalue weighted by atomic mass is 10.1. The van der Waals surface area contributed by atoms with Crippen LogP contribution in [-0.4, -0.2) is 27.0 Å². The molecule has 22 heavy (non-hydrogen) atoms. The number of nitrogens with two attached hydrogens (primary N) is 1. The summed E-state index contributed by atoms with van der Waals surface area (Å²) in [7, 11) is 0. The van der Waals surface area contributed by atoms with Crippen molar-refractivity contribution in [3.8, 4) is 0 Å². The van der Waals surface area contributed by atoms with E-state index in [4.69, 9.17) is 5.73 Å². The molecular formula is C15H27N5O2. The van der Waals surface area contributed by atoms with E-state index in [9.17, 15) is 9.59 Å². The number of carbonyl (C=O) groups is 2. The van der Waals surface area contributed by atoms with Crippen molar-refractivity contribution in [2.45, 2.75) is 71.3 Å². The van der Waals surface area contributed by atoms with Crippen molar-refractivity contribution in [1.82, 2.24) is 20.5 Å². The second-order valence-corrected chi connectivity index (χ2v) is 5.45. The molecule has 0 aliphatic heterocycles. The minimum absolute atomic E-state index is 0.00256. The summed E-state index contributed by atoms with van der Waals surface area (Å²) in [4.78, 5) is 27.4. The Balaban J connectivity index is 2.50. The number of amides is 2. The van der Waals surface area contributed by atoms with Crippen molar-refractivity contribution in [1.29, 1.82) is 0 Å². The first-order chi connectivity index (χ1) is 10.6. The summed E-state index contributed by atoms with van der Waals surface area (Å²) in [6.07, 6.45) is 6.58. The molecule has 2 amide bonds. The van der Waals surface area contributed by atoms with Gasteiger partial charge < -0.3 is 11.1 Å². The number of primary amides is 1. The van der Waals surface area contributed by atoms with Crippen molar-refractivity contribution in [2.75, 3.05) is 0 Å². The Morgan fingerprint density at radius 3 is 2.55 bits per heavy atom. The summed E-state index contributed by atoms with van der Waals surface area (Å²) in [6.45, 7) is 4.10. The van der Waals surface area contributed by atoms with E-state index in [2.05, 4.69) is 27.4 Å². The van der Waals surface area contributed by atoms with Gasteiger partial charge in [-0.15, -0.1) is 0 Å². The molecular weight excluding hydrogens is 282 g/mol. The van der Waals surface area contributed by atoms with Crippen LogP contribution < -0.4 is 11.1 Å². The first kappa shape index (κ1) is 18.1. The fourth-order valence-corrected chi connectivity index (χ4v) is 2.19. The maximum Gasteiger partial charge on any atom is 0.220 e. The highest BCUT2D eigenvalue weighted by Gasteiger charge is 2.21. The van der Waals surface area contributed by atoms with Crippen LogP contribution in [0.25, 0.3) is 0 Å². The number of aryl methyl sites for hydroxylation is 1. The number of unbranched alkanes of at least 4 members (excludes halogenated alkanes) is 4. The lowest BCUT2D eigenvalue weighted by Crippen LogP contribution is -2.32. The highest BCUT2D eigenvalue weighted by molar-refractivity contribution is 5.78. The second kappa shape index (κ2) is 9.92. The average Bonchev–Trinajstić information content (AvgIpc) is 2.95. The molecule has 1 heterocycles. The van der Waals surface area contributed by atoms with Gasteiger partial charge in [-0.3, -0.25) is 14.7 Å². The zero-order chi connectivity index (χ0) is 16.4. The lowest BCUT2D eigenvalue weighted by molar-refractivity contribution is -0.122. The molecule has 0 saturated heterocycles. The molecule has 1 aromatic heterocycles. The predicted molar refractivity (Wildman–Crippen MR) is 83.8 cm³/mol. The summed E-state index contributed by atoms with van der Waals surface area (Å²) < 4.78 is 0. The maximum absolute atomic E-state index is 12.0. The van der Waals surface area contributed by atoms with E-state index < -0.39 is 11.9 Å². The zero-order valence-electron chi connectivity index (χ0n) is 13.5. The van der Waals surface area contributed by atoms with Crippen molar-refractivity contribution in [3.63, 3.8) is 0 Å². The molecule has 1 aromatic rings. The summed E-state index contributed by atoms with van der Waals surface area (Å²) in [5.41, 5.74) is 5.24. The number of aromatic nitrogens is 3. The number of aromatic amines is 1. The molecule has 0 aromatic carbocycles. The van der Waals surface area contributed by atoms with Crippen molar-refractivity contribution >= 4 is 11.8 Å². The SMILES string of the molecule is CCCCCCCC(=O)N[C@H](CC(N)=O)c1n[nH]c(CC)n1. The molecule has 1 rings (SSSR count). The smallest absolute Gasteiger partial charge is 0.220 e. The molecule has 7 heteroatoms. The van der Waals surface area contributed by atoms with Crippen molar-refractivity contribution < 1.29 is 9.59 Å². The van der Waals surface area contributed by atoms with E-state index in [-0.39, 0.29) is 12.3 Å². The van der Waals surface area contributed by atoms with Gasteiger partial charge in [-0.1, -0.05) is 39.5 Å². The van der Waals surface area contributed by atoms with Gasteiger partial charge in [0.15, 0.2) is 5.82 Å². The molecule has 0 aliphatic carbocycles. The summed E-state index contributed by atoms with van der Waals surface area (Å²) in [5, 5.41) is 9.65. The van der Waals surface area contributed by atoms with Gasteiger partial charge in [0.1, 0.15) is 5.82 Å². The van der Waals surface area contributed by atoms with Gasteiger partial charge in [0.05, 0.1) is 12.5 Å². The molecule has 4 N–H and O–H groups in total. The van der Waals surface area contributed by atoms with E-state index in [0.717, 1.165) is 25.1 Å². The summed E-state index contributed by atoms with van der Waals surface area (Å²) in [5.74, 6) is 0.551. The third kappa shape index (κ3) is 6.69. The van der Waals surface area contributed by atoms with Crippen LogP contribution in [0.1, 0.15) is 76.5 Å². The minimum Gasteiger partial charge on any atom is -0.370 e. The van der Waals surface area contributed by atoms with Crippen LogP contribution in [0.4, 0.5) is 0 Å². The Morgan fingerprint density at radius 2 is 1.95 bits per heavy atom. The molecule has 0 aliphatic rings. The molecule has 0 fully saturated rings. The Hall–Kier alpha value is -1.92. The third-order valence-corrected chi connectivity index (χ3v) is 3.44. The first-order valence-corrected chi connectivity index (χ1v) is 8.05. The van der Waals surface area contributed by atoms with Gasteiger partial charge in [-0.25, -0.2) is 4.98 Å². The topological polar surface area (TPSA) is 114 Å². The number of carbonyl (C=O) groups excluding carboxylic acids is 2. The Kier molecular flexibility index (Phi) is 8.17. The van der Waals surface area contributed by atoms with Crippen LogP contribution in [0.15, 0.2) is 0 Å². The molecule has 0 radical (unpaired) electrons. The van der Waals surface area contributed by atoms with Crippen molar-refractivity contribution in [3.05, 3.63) is 11.6 Å². The number of H-pyrrole nitrogens is 1. The third-order valence-electron chi connectivity index (χ3n) is 3.44. The van der Waals surface area contributed by atoms with Crippen LogP contribution in [0.5, 0.6) is 0 Å². The van der Waals surface area contributed by atoms with E-state index in [1.165, 1.54) is 12.8 Å². The zero-order valence-corrected chi connectivity index (χ0v) is 13.5. The van der Waals surface area contributed by atoms with Gasteiger partial charge in [0.2, 0.25) is 11.8 Å². The Bertz CT molecular complexity index is 472. The monoisotopic (exact) mass is 309 g/mol. The molecule has 0 unspecified atom stereocenters. The molecule has 124 valence electrons. The number of rotatable bonds is 11. The number of hydrogen-bond donors (Lipinski definition) is 3. The van der Waals surface area contributed by atoms with E-state index >= 15 is 0 Å². The lowest BCUT2D eigenvalue weighted by Gasteiger charge is -2.14. The fourth-order valence-electron chi connectivity index (χ4n) is 2.19. The van der Waals surface area contributed by atoms with Gasteiger partial charge in [0, 0.05) is 12.8 Å². The predicted octanol–water partition coefficient (Wildman–Crippen LogP) is 1.76. The largest absolute Gasteiger partial charge is 0.370 e. The second-order valence-electron chi connectivity index (χ2n) is 5.45.